The highest BCUT2D eigenvalue weighted by molar-refractivity contribution is 6.29. The van der Waals surface area contributed by atoms with E-state index in [2.05, 4.69) is 24.0 Å². The Labute approximate surface area is 126 Å². The van der Waals surface area contributed by atoms with Crippen LogP contribution in [0.5, 0.6) is 0 Å². The van der Waals surface area contributed by atoms with Crippen LogP contribution < -0.4 is 0 Å². The highest BCUT2D eigenvalue weighted by Crippen LogP contribution is 2.09. The molecule has 20 heavy (non-hydrogen) atoms. The number of amides is 1. The monoisotopic (exact) mass is 297 g/mol. The van der Waals surface area contributed by atoms with Crippen molar-refractivity contribution in [1.82, 2.24) is 15.1 Å². The zero-order valence-electron chi connectivity index (χ0n) is 12.4. The molecular weight excluding hydrogens is 274 g/mol. The molecule has 0 unspecified atom stereocenters. The maximum atomic E-state index is 12.4. The first-order valence-corrected chi connectivity index (χ1v) is 7.85. The lowest BCUT2D eigenvalue weighted by molar-refractivity contribution is 0.0742. The first kappa shape index (κ1) is 16.9. The molecule has 1 aromatic heterocycles. The summed E-state index contributed by atoms with van der Waals surface area (Å²) < 4.78 is 0. The maximum absolute atomic E-state index is 12.4. The van der Waals surface area contributed by atoms with Gasteiger partial charge in [-0.3, -0.25) is 4.79 Å². The number of aromatic nitrogens is 2. The van der Waals surface area contributed by atoms with Crippen LogP contribution in [0.2, 0.25) is 5.15 Å². The number of carbonyl (C=O) groups is 1. The van der Waals surface area contributed by atoms with E-state index in [0.717, 1.165) is 51.6 Å². The zero-order chi connectivity index (χ0) is 14.8. The Morgan fingerprint density at radius 2 is 1.65 bits per heavy atom. The summed E-state index contributed by atoms with van der Waals surface area (Å²) in [5.41, 5.74) is 0.377. The highest BCUT2D eigenvalue weighted by atomic mass is 35.5. The second-order valence-corrected chi connectivity index (χ2v) is 5.33. The van der Waals surface area contributed by atoms with Crippen molar-refractivity contribution in [3.63, 3.8) is 0 Å². The molecule has 0 N–H and O–H groups in total. The Bertz CT molecular complexity index is 385. The van der Waals surface area contributed by atoms with E-state index in [4.69, 9.17) is 11.6 Å². The van der Waals surface area contributed by atoms with Crippen molar-refractivity contribution in [3.05, 3.63) is 23.0 Å². The van der Waals surface area contributed by atoms with Gasteiger partial charge in [0, 0.05) is 13.1 Å². The molecule has 1 heterocycles. The third kappa shape index (κ3) is 5.87. The number of hydrogen-bond acceptors (Lipinski definition) is 3. The van der Waals surface area contributed by atoms with E-state index in [1.165, 1.54) is 0 Å². The minimum absolute atomic E-state index is 0.0404. The number of halogens is 1. The quantitative estimate of drug-likeness (QED) is 0.648. The van der Waals surface area contributed by atoms with Crippen LogP contribution in [0, 0.1) is 0 Å². The topological polar surface area (TPSA) is 46.1 Å². The molecular formula is C15H24ClN3O. The first-order valence-electron chi connectivity index (χ1n) is 7.47. The van der Waals surface area contributed by atoms with E-state index in [-0.39, 0.29) is 5.91 Å². The fourth-order valence-electron chi connectivity index (χ4n) is 2.01. The third-order valence-corrected chi connectivity index (χ3v) is 3.40. The smallest absolute Gasteiger partial charge is 0.274 e. The van der Waals surface area contributed by atoms with Gasteiger partial charge in [0.25, 0.3) is 5.91 Å². The molecule has 0 aliphatic rings. The van der Waals surface area contributed by atoms with Gasteiger partial charge >= 0.3 is 0 Å². The van der Waals surface area contributed by atoms with Gasteiger partial charge in [-0.05, 0) is 25.0 Å². The van der Waals surface area contributed by atoms with Gasteiger partial charge in [-0.2, -0.15) is 0 Å². The van der Waals surface area contributed by atoms with Gasteiger partial charge < -0.3 is 4.90 Å². The predicted octanol–water partition coefficient (Wildman–Crippen LogP) is 3.95. The van der Waals surface area contributed by atoms with Gasteiger partial charge in [-0.15, -0.1) is 10.2 Å². The predicted molar refractivity (Wildman–Crippen MR) is 82.0 cm³/mol. The van der Waals surface area contributed by atoms with Crippen molar-refractivity contribution in [2.75, 3.05) is 13.1 Å². The summed E-state index contributed by atoms with van der Waals surface area (Å²) >= 11 is 5.70. The highest BCUT2D eigenvalue weighted by Gasteiger charge is 2.16. The van der Waals surface area contributed by atoms with Gasteiger partial charge in [-0.1, -0.05) is 51.1 Å². The van der Waals surface area contributed by atoms with Crippen LogP contribution in [0.3, 0.4) is 0 Å². The summed E-state index contributed by atoms with van der Waals surface area (Å²) in [7, 11) is 0. The summed E-state index contributed by atoms with van der Waals surface area (Å²) in [6.45, 7) is 5.91. The minimum atomic E-state index is -0.0404. The molecule has 1 aromatic rings. The average molecular weight is 298 g/mol. The van der Waals surface area contributed by atoms with Crippen LogP contribution in [0.15, 0.2) is 12.1 Å². The largest absolute Gasteiger partial charge is 0.337 e. The van der Waals surface area contributed by atoms with Crippen LogP contribution in [-0.2, 0) is 0 Å². The summed E-state index contributed by atoms with van der Waals surface area (Å²) in [6, 6.07) is 3.25. The van der Waals surface area contributed by atoms with Gasteiger partial charge in [-0.25, -0.2) is 0 Å². The lowest BCUT2D eigenvalue weighted by Crippen LogP contribution is -2.33. The van der Waals surface area contributed by atoms with Crippen molar-refractivity contribution in [2.45, 2.75) is 52.4 Å². The fourth-order valence-corrected chi connectivity index (χ4v) is 2.11. The van der Waals surface area contributed by atoms with E-state index >= 15 is 0 Å². The summed E-state index contributed by atoms with van der Waals surface area (Å²) in [4.78, 5) is 14.3. The number of nitrogens with zero attached hydrogens (tertiary/aromatic N) is 3. The average Bonchev–Trinajstić information content (AvgIpc) is 2.46. The van der Waals surface area contributed by atoms with Crippen molar-refractivity contribution in [2.24, 2.45) is 0 Å². The van der Waals surface area contributed by atoms with Gasteiger partial charge in [0.1, 0.15) is 0 Å². The van der Waals surface area contributed by atoms with E-state index in [1.807, 2.05) is 4.90 Å². The summed E-state index contributed by atoms with van der Waals surface area (Å²) in [5.74, 6) is -0.0404. The van der Waals surface area contributed by atoms with Gasteiger partial charge in [0.2, 0.25) is 0 Å². The SMILES string of the molecule is CCCCCN(CCCCC)C(=O)c1ccc(Cl)nn1. The molecule has 0 aromatic carbocycles. The van der Waals surface area contributed by atoms with E-state index in [0.29, 0.717) is 10.8 Å². The second kappa shape index (κ2) is 9.70. The molecule has 0 aliphatic carbocycles. The molecule has 0 radical (unpaired) electrons. The molecule has 0 spiro atoms. The molecule has 1 amide bonds. The molecule has 0 saturated carbocycles. The standard InChI is InChI=1S/C15H24ClN3O/c1-3-5-7-11-19(12-8-6-4-2)15(20)13-9-10-14(16)18-17-13/h9-10H,3-8,11-12H2,1-2H3. The summed E-state index contributed by atoms with van der Waals surface area (Å²) in [5, 5.41) is 7.94. The second-order valence-electron chi connectivity index (χ2n) is 4.95. The molecule has 1 rings (SSSR count). The number of rotatable bonds is 9. The Hall–Kier alpha value is -1.16. The molecule has 0 saturated heterocycles. The van der Waals surface area contributed by atoms with E-state index in [9.17, 15) is 4.79 Å². The Morgan fingerprint density at radius 3 is 2.10 bits per heavy atom. The van der Waals surface area contributed by atoms with Crippen LogP contribution in [0.1, 0.15) is 62.9 Å². The Morgan fingerprint density at radius 1 is 1.05 bits per heavy atom. The third-order valence-electron chi connectivity index (χ3n) is 3.20. The number of carbonyl (C=O) groups excluding carboxylic acids is 1. The lowest BCUT2D eigenvalue weighted by Gasteiger charge is -2.22. The van der Waals surface area contributed by atoms with Gasteiger partial charge in [0.15, 0.2) is 10.8 Å². The van der Waals surface area contributed by atoms with Crippen molar-refractivity contribution in [1.29, 1.82) is 0 Å². The van der Waals surface area contributed by atoms with E-state index in [1.54, 1.807) is 12.1 Å². The molecule has 0 aliphatic heterocycles. The normalized spacial score (nSPS) is 10.6. The van der Waals surface area contributed by atoms with Crippen molar-refractivity contribution < 1.29 is 4.79 Å². The fraction of sp³-hybridized carbons (Fsp3) is 0.667. The van der Waals surface area contributed by atoms with Crippen LogP contribution in [-0.4, -0.2) is 34.1 Å². The van der Waals surface area contributed by atoms with Crippen LogP contribution in [0.25, 0.3) is 0 Å². The molecule has 0 atom stereocenters. The van der Waals surface area contributed by atoms with Crippen LogP contribution in [0.4, 0.5) is 0 Å². The maximum Gasteiger partial charge on any atom is 0.274 e. The van der Waals surface area contributed by atoms with Crippen molar-refractivity contribution >= 4 is 17.5 Å². The Balaban J connectivity index is 2.63. The van der Waals surface area contributed by atoms with Crippen LogP contribution >= 0.6 is 11.6 Å². The number of hydrogen-bond donors (Lipinski definition) is 0. The lowest BCUT2D eigenvalue weighted by atomic mass is 10.2. The molecule has 4 nitrogen and oxygen atoms in total. The minimum Gasteiger partial charge on any atom is -0.337 e. The zero-order valence-corrected chi connectivity index (χ0v) is 13.2. The van der Waals surface area contributed by atoms with E-state index < -0.39 is 0 Å². The molecule has 0 fully saturated rings. The summed E-state index contributed by atoms with van der Waals surface area (Å²) in [6.07, 6.45) is 6.66. The Kier molecular flexibility index (Phi) is 8.19. The molecule has 5 heteroatoms. The van der Waals surface area contributed by atoms with Gasteiger partial charge in [0.05, 0.1) is 0 Å². The first-order chi connectivity index (χ1) is 9.69. The molecule has 112 valence electrons. The van der Waals surface area contributed by atoms with Crippen molar-refractivity contribution in [3.8, 4) is 0 Å². The molecule has 0 bridgehead atoms. The number of unbranched alkanes of at least 4 members (excludes halogenated alkanes) is 4.